The van der Waals surface area contributed by atoms with Crippen LogP contribution in [-0.2, 0) is 4.79 Å². The van der Waals surface area contributed by atoms with Gasteiger partial charge in [-0.25, -0.2) is 0 Å². The monoisotopic (exact) mass is 338 g/mol. The first-order chi connectivity index (χ1) is 11.0. The Kier molecular flexibility index (Phi) is 8.48. The Hall–Kier alpha value is -1.75. The highest BCUT2D eigenvalue weighted by atomic mass is 35.5. The van der Waals surface area contributed by atoms with Crippen molar-refractivity contribution in [3.8, 4) is 0 Å². The lowest BCUT2D eigenvalue weighted by atomic mass is 10.2. The molecule has 5 nitrogen and oxygen atoms in total. The smallest absolute Gasteiger partial charge is 0.226 e. The van der Waals surface area contributed by atoms with E-state index in [4.69, 9.17) is 11.6 Å². The zero-order valence-corrected chi connectivity index (χ0v) is 15.1. The van der Waals surface area contributed by atoms with Crippen LogP contribution in [0, 0.1) is 6.92 Å². The number of halogens is 1. The standard InChI is InChI=1S/C17H27ClN4O/c1-5-12(3)21-17(19-6-2)20-11-10-16(23)22-15-9-7-8-14(18)13(15)4/h7-9,12H,5-6,10-11H2,1-4H3,(H,22,23)(H2,19,20,21). The molecule has 3 N–H and O–H groups in total. The van der Waals surface area contributed by atoms with E-state index < -0.39 is 0 Å². The minimum Gasteiger partial charge on any atom is -0.357 e. The fourth-order valence-corrected chi connectivity index (χ4v) is 2.05. The number of rotatable bonds is 7. The van der Waals surface area contributed by atoms with Gasteiger partial charge in [0.25, 0.3) is 0 Å². The molecule has 128 valence electrons. The van der Waals surface area contributed by atoms with Gasteiger partial charge in [-0.1, -0.05) is 24.6 Å². The van der Waals surface area contributed by atoms with Crippen molar-refractivity contribution < 1.29 is 4.79 Å². The van der Waals surface area contributed by atoms with Gasteiger partial charge < -0.3 is 16.0 Å². The van der Waals surface area contributed by atoms with Crippen LogP contribution < -0.4 is 16.0 Å². The van der Waals surface area contributed by atoms with Crippen molar-refractivity contribution in [3.05, 3.63) is 28.8 Å². The van der Waals surface area contributed by atoms with Gasteiger partial charge in [-0.3, -0.25) is 9.79 Å². The Morgan fingerprint density at radius 2 is 2.09 bits per heavy atom. The van der Waals surface area contributed by atoms with E-state index in [0.717, 1.165) is 30.2 Å². The second-order valence-corrected chi connectivity index (χ2v) is 5.83. The summed E-state index contributed by atoms with van der Waals surface area (Å²) >= 11 is 6.05. The number of aliphatic imine (C=N–C) groups is 1. The van der Waals surface area contributed by atoms with E-state index in [-0.39, 0.29) is 5.91 Å². The van der Waals surface area contributed by atoms with Crippen molar-refractivity contribution in [1.82, 2.24) is 10.6 Å². The number of carbonyl (C=O) groups excluding carboxylic acids is 1. The first kappa shape index (κ1) is 19.3. The molecule has 0 aliphatic carbocycles. The molecule has 23 heavy (non-hydrogen) atoms. The maximum absolute atomic E-state index is 12.0. The molecule has 1 unspecified atom stereocenters. The minimum atomic E-state index is -0.0708. The maximum Gasteiger partial charge on any atom is 0.226 e. The molecule has 0 bridgehead atoms. The highest BCUT2D eigenvalue weighted by Crippen LogP contribution is 2.22. The topological polar surface area (TPSA) is 65.5 Å². The van der Waals surface area contributed by atoms with Crippen LogP contribution in [0.4, 0.5) is 5.69 Å². The van der Waals surface area contributed by atoms with Gasteiger partial charge in [0.15, 0.2) is 5.96 Å². The van der Waals surface area contributed by atoms with Crippen molar-refractivity contribution >= 4 is 29.2 Å². The summed E-state index contributed by atoms with van der Waals surface area (Å²) in [7, 11) is 0. The Bertz CT molecular complexity index is 545. The third-order valence-corrected chi connectivity index (χ3v) is 3.90. The fourth-order valence-electron chi connectivity index (χ4n) is 1.88. The third kappa shape index (κ3) is 6.91. The number of carbonyl (C=O) groups is 1. The van der Waals surface area contributed by atoms with Crippen LogP contribution in [-0.4, -0.2) is 31.0 Å². The molecule has 0 aromatic heterocycles. The minimum absolute atomic E-state index is 0.0708. The van der Waals surface area contributed by atoms with Crippen molar-refractivity contribution in [2.45, 2.75) is 46.6 Å². The lowest BCUT2D eigenvalue weighted by Crippen LogP contribution is -2.42. The average Bonchev–Trinajstić information content (AvgIpc) is 2.51. The molecule has 1 amide bonds. The van der Waals surface area contributed by atoms with Crippen LogP contribution in [0.25, 0.3) is 0 Å². The van der Waals surface area contributed by atoms with E-state index in [2.05, 4.69) is 34.8 Å². The van der Waals surface area contributed by atoms with Crippen molar-refractivity contribution in [2.24, 2.45) is 4.99 Å². The van der Waals surface area contributed by atoms with Crippen molar-refractivity contribution in [2.75, 3.05) is 18.4 Å². The summed E-state index contributed by atoms with van der Waals surface area (Å²) in [5.41, 5.74) is 1.62. The molecule has 1 rings (SSSR count). The van der Waals surface area contributed by atoms with Gasteiger partial charge in [0, 0.05) is 29.7 Å². The number of hydrogen-bond acceptors (Lipinski definition) is 2. The molecular formula is C17H27ClN4O. The number of nitrogens with zero attached hydrogens (tertiary/aromatic N) is 1. The molecule has 1 aromatic rings. The summed E-state index contributed by atoms with van der Waals surface area (Å²) in [6.45, 7) is 9.33. The number of nitrogens with one attached hydrogen (secondary N) is 3. The Balaban J connectivity index is 2.53. The van der Waals surface area contributed by atoms with Gasteiger partial charge in [-0.05, 0) is 44.9 Å². The fraction of sp³-hybridized carbons (Fsp3) is 0.529. The van der Waals surface area contributed by atoms with Crippen LogP contribution in [0.2, 0.25) is 5.02 Å². The summed E-state index contributed by atoms with van der Waals surface area (Å²) in [4.78, 5) is 16.5. The lowest BCUT2D eigenvalue weighted by Gasteiger charge is -2.16. The number of guanidine groups is 1. The van der Waals surface area contributed by atoms with Crippen LogP contribution in [0.1, 0.15) is 39.2 Å². The van der Waals surface area contributed by atoms with E-state index in [1.165, 1.54) is 0 Å². The van der Waals surface area contributed by atoms with Crippen molar-refractivity contribution in [1.29, 1.82) is 0 Å². The van der Waals surface area contributed by atoms with Crippen molar-refractivity contribution in [3.63, 3.8) is 0 Å². The summed E-state index contributed by atoms with van der Waals surface area (Å²) in [5.74, 6) is 0.673. The number of amides is 1. The number of benzene rings is 1. The van der Waals surface area contributed by atoms with Gasteiger partial charge >= 0.3 is 0 Å². The molecule has 0 heterocycles. The van der Waals surface area contributed by atoms with Crippen LogP contribution in [0.5, 0.6) is 0 Å². The van der Waals surface area contributed by atoms with Gasteiger partial charge in [0.05, 0.1) is 6.54 Å². The van der Waals surface area contributed by atoms with Gasteiger partial charge in [-0.15, -0.1) is 0 Å². The lowest BCUT2D eigenvalue weighted by molar-refractivity contribution is -0.116. The predicted molar refractivity (Wildman–Crippen MR) is 98.3 cm³/mol. The van der Waals surface area contributed by atoms with E-state index in [1.807, 2.05) is 26.0 Å². The molecule has 1 aromatic carbocycles. The van der Waals surface area contributed by atoms with Gasteiger partial charge in [-0.2, -0.15) is 0 Å². The average molecular weight is 339 g/mol. The second kappa shape index (κ2) is 10.1. The van der Waals surface area contributed by atoms with E-state index in [9.17, 15) is 4.79 Å². The second-order valence-electron chi connectivity index (χ2n) is 5.42. The number of anilines is 1. The molecule has 0 radical (unpaired) electrons. The number of hydrogen-bond donors (Lipinski definition) is 3. The SMILES string of the molecule is CCNC(=NCCC(=O)Nc1cccc(Cl)c1C)NC(C)CC. The first-order valence-corrected chi connectivity index (χ1v) is 8.45. The zero-order valence-electron chi connectivity index (χ0n) is 14.4. The normalized spacial score (nSPS) is 12.7. The van der Waals surface area contributed by atoms with E-state index in [1.54, 1.807) is 6.07 Å². The molecule has 0 saturated carbocycles. The molecule has 0 fully saturated rings. The summed E-state index contributed by atoms with van der Waals surface area (Å²) in [5, 5.41) is 10.00. The highest BCUT2D eigenvalue weighted by molar-refractivity contribution is 6.31. The largest absolute Gasteiger partial charge is 0.357 e. The first-order valence-electron chi connectivity index (χ1n) is 8.07. The molecule has 0 spiro atoms. The molecule has 1 atom stereocenters. The third-order valence-electron chi connectivity index (χ3n) is 3.49. The summed E-state index contributed by atoms with van der Waals surface area (Å²) in [6.07, 6.45) is 1.34. The molecule has 0 aliphatic heterocycles. The Labute approximate surface area is 143 Å². The van der Waals surface area contributed by atoms with Gasteiger partial charge in [0.1, 0.15) is 0 Å². The van der Waals surface area contributed by atoms with Crippen LogP contribution in [0.15, 0.2) is 23.2 Å². The van der Waals surface area contributed by atoms with E-state index in [0.29, 0.717) is 24.0 Å². The molecule has 6 heteroatoms. The van der Waals surface area contributed by atoms with Crippen LogP contribution in [0.3, 0.4) is 0 Å². The van der Waals surface area contributed by atoms with Crippen LogP contribution >= 0.6 is 11.6 Å². The highest BCUT2D eigenvalue weighted by Gasteiger charge is 2.07. The Morgan fingerprint density at radius 3 is 2.74 bits per heavy atom. The predicted octanol–water partition coefficient (Wildman–Crippen LogP) is 3.33. The quantitative estimate of drug-likeness (QED) is 0.527. The molecule has 0 aliphatic rings. The van der Waals surface area contributed by atoms with Gasteiger partial charge in [0.2, 0.25) is 5.91 Å². The van der Waals surface area contributed by atoms with E-state index >= 15 is 0 Å². The molecule has 0 saturated heterocycles. The maximum atomic E-state index is 12.0. The zero-order chi connectivity index (χ0) is 17.2. The Morgan fingerprint density at radius 1 is 1.35 bits per heavy atom. The molecular weight excluding hydrogens is 312 g/mol. The summed E-state index contributed by atoms with van der Waals surface area (Å²) in [6, 6.07) is 5.81. The summed E-state index contributed by atoms with van der Waals surface area (Å²) < 4.78 is 0.